The largest absolute Gasteiger partial charge is 0.494 e. The number of amides is 1. The standard InChI is InChI=1S/C22H20Cl2N4O4/c23-16-2-1-3-17(24)15(16)11-27-20-14(12-6-8-32-9-7-12)10-25-28(20)22(31)18(21(27)30)19(29)26-13-4-5-13/h1-3,6,10,13,30H,4-5,7-9,11H2,(H,26,29). The van der Waals surface area contributed by atoms with E-state index in [1.165, 1.54) is 4.57 Å². The first kappa shape index (κ1) is 21.1. The summed E-state index contributed by atoms with van der Waals surface area (Å²) in [6.07, 6.45) is 5.82. The predicted octanol–water partition coefficient (Wildman–Crippen LogP) is 3.25. The van der Waals surface area contributed by atoms with Crippen molar-refractivity contribution in [2.24, 2.45) is 0 Å². The molecule has 0 spiro atoms. The van der Waals surface area contributed by atoms with Crippen molar-refractivity contribution in [1.82, 2.24) is 19.5 Å². The lowest BCUT2D eigenvalue weighted by Gasteiger charge is -2.19. The molecule has 1 aliphatic heterocycles. The number of benzene rings is 1. The molecule has 1 aliphatic carbocycles. The van der Waals surface area contributed by atoms with Crippen LogP contribution in [0.3, 0.4) is 0 Å². The molecular formula is C22H20Cl2N4O4. The molecule has 0 radical (unpaired) electrons. The van der Waals surface area contributed by atoms with Gasteiger partial charge in [0.05, 0.1) is 26.0 Å². The van der Waals surface area contributed by atoms with Crippen LogP contribution in [-0.4, -0.2) is 44.5 Å². The first-order valence-electron chi connectivity index (χ1n) is 10.3. The van der Waals surface area contributed by atoms with Crippen molar-refractivity contribution < 1.29 is 14.6 Å². The Kier molecular flexibility index (Phi) is 5.44. The van der Waals surface area contributed by atoms with Gasteiger partial charge in [-0.1, -0.05) is 35.3 Å². The number of nitrogens with one attached hydrogen (secondary N) is 1. The lowest BCUT2D eigenvalue weighted by molar-refractivity contribution is 0.0944. The van der Waals surface area contributed by atoms with Gasteiger partial charge in [-0.3, -0.25) is 14.2 Å². The van der Waals surface area contributed by atoms with Gasteiger partial charge >= 0.3 is 0 Å². The van der Waals surface area contributed by atoms with E-state index in [9.17, 15) is 14.7 Å². The Morgan fingerprint density at radius 3 is 2.69 bits per heavy atom. The molecule has 3 aromatic rings. The van der Waals surface area contributed by atoms with Gasteiger partial charge in [-0.15, -0.1) is 0 Å². The average molecular weight is 475 g/mol. The van der Waals surface area contributed by atoms with Crippen LogP contribution >= 0.6 is 23.2 Å². The average Bonchev–Trinajstić information content (AvgIpc) is 3.47. The van der Waals surface area contributed by atoms with Crippen molar-refractivity contribution in [1.29, 1.82) is 0 Å². The molecule has 1 aromatic carbocycles. The number of rotatable bonds is 5. The fourth-order valence-corrected chi connectivity index (χ4v) is 4.38. The summed E-state index contributed by atoms with van der Waals surface area (Å²) in [6.45, 7) is 1.03. The fourth-order valence-electron chi connectivity index (χ4n) is 3.86. The lowest BCUT2D eigenvalue weighted by Crippen LogP contribution is -2.34. The van der Waals surface area contributed by atoms with Gasteiger partial charge in [0.1, 0.15) is 0 Å². The van der Waals surface area contributed by atoms with Gasteiger partial charge in [0.15, 0.2) is 11.2 Å². The van der Waals surface area contributed by atoms with Crippen molar-refractivity contribution in [2.45, 2.75) is 31.8 Å². The molecule has 0 bridgehead atoms. The SMILES string of the molecule is O=C(NC1CC1)c1c(O)n(Cc2c(Cl)cccc2Cl)c2c(C3=CCOCC3)cnn2c1=O. The van der Waals surface area contributed by atoms with Crippen LogP contribution in [0.15, 0.2) is 35.3 Å². The maximum absolute atomic E-state index is 13.2. The molecule has 5 rings (SSSR count). The van der Waals surface area contributed by atoms with Gasteiger partial charge in [-0.2, -0.15) is 9.61 Å². The summed E-state index contributed by atoms with van der Waals surface area (Å²) in [7, 11) is 0. The molecule has 10 heteroatoms. The van der Waals surface area contributed by atoms with Crippen molar-refractivity contribution in [2.75, 3.05) is 13.2 Å². The normalized spacial score (nSPS) is 16.2. The Labute approximate surface area is 193 Å². The monoisotopic (exact) mass is 474 g/mol. The van der Waals surface area contributed by atoms with Crippen LogP contribution in [0.25, 0.3) is 11.2 Å². The first-order chi connectivity index (χ1) is 15.5. The summed E-state index contributed by atoms with van der Waals surface area (Å²) >= 11 is 12.8. The van der Waals surface area contributed by atoms with Crippen molar-refractivity contribution in [3.63, 3.8) is 0 Å². The first-order valence-corrected chi connectivity index (χ1v) is 11.1. The fraction of sp³-hybridized carbons (Fsp3) is 0.318. The third-order valence-electron chi connectivity index (χ3n) is 5.71. The number of carbonyl (C=O) groups excluding carboxylic acids is 1. The smallest absolute Gasteiger partial charge is 0.291 e. The molecule has 166 valence electrons. The minimum Gasteiger partial charge on any atom is -0.494 e. The van der Waals surface area contributed by atoms with Gasteiger partial charge < -0.3 is 15.2 Å². The topological polar surface area (TPSA) is 97.9 Å². The molecule has 2 aromatic heterocycles. The highest BCUT2D eigenvalue weighted by Crippen LogP contribution is 2.32. The van der Waals surface area contributed by atoms with E-state index in [-0.39, 0.29) is 18.2 Å². The number of halogens is 2. The van der Waals surface area contributed by atoms with Gasteiger partial charge in [-0.25, -0.2) is 0 Å². The van der Waals surface area contributed by atoms with Crippen molar-refractivity contribution >= 4 is 40.3 Å². The summed E-state index contributed by atoms with van der Waals surface area (Å²) in [5.74, 6) is -1.08. The molecule has 2 aliphatic rings. The Morgan fingerprint density at radius 1 is 1.28 bits per heavy atom. The van der Waals surface area contributed by atoms with E-state index in [4.69, 9.17) is 27.9 Å². The Hall–Kier alpha value is -2.81. The maximum Gasteiger partial charge on any atom is 0.291 e. The second-order valence-corrected chi connectivity index (χ2v) is 8.70. The second kappa shape index (κ2) is 8.27. The van der Waals surface area contributed by atoms with Gasteiger partial charge in [0.2, 0.25) is 5.88 Å². The summed E-state index contributed by atoms with van der Waals surface area (Å²) in [5.41, 5.74) is 1.49. The highest BCUT2D eigenvalue weighted by atomic mass is 35.5. The van der Waals surface area contributed by atoms with E-state index >= 15 is 0 Å². The van der Waals surface area contributed by atoms with E-state index in [1.807, 2.05) is 6.08 Å². The number of hydrogen-bond acceptors (Lipinski definition) is 5. The van der Waals surface area contributed by atoms with E-state index < -0.39 is 17.3 Å². The summed E-state index contributed by atoms with van der Waals surface area (Å²) < 4.78 is 8.02. The van der Waals surface area contributed by atoms with Crippen LogP contribution in [0.4, 0.5) is 0 Å². The third kappa shape index (κ3) is 3.68. The number of aromatic hydroxyl groups is 1. The van der Waals surface area contributed by atoms with E-state index in [0.717, 1.165) is 22.9 Å². The molecule has 3 heterocycles. The Morgan fingerprint density at radius 2 is 2.03 bits per heavy atom. The molecule has 0 saturated heterocycles. The molecule has 1 fully saturated rings. The molecule has 2 N–H and O–H groups in total. The van der Waals surface area contributed by atoms with Crippen LogP contribution in [0.2, 0.25) is 10.0 Å². The van der Waals surface area contributed by atoms with Crippen molar-refractivity contribution in [3.05, 3.63) is 67.6 Å². The Balaban J connectivity index is 1.75. The minimum absolute atomic E-state index is 0.0176. The van der Waals surface area contributed by atoms with Gasteiger partial charge in [0, 0.05) is 27.2 Å². The number of aromatic nitrogens is 3. The van der Waals surface area contributed by atoms with E-state index in [2.05, 4.69) is 10.4 Å². The lowest BCUT2D eigenvalue weighted by atomic mass is 10.0. The summed E-state index contributed by atoms with van der Waals surface area (Å²) in [4.78, 5) is 26.0. The van der Waals surface area contributed by atoms with Gasteiger partial charge in [-0.05, 0) is 37.0 Å². The number of ether oxygens (including phenoxy) is 1. The molecule has 1 amide bonds. The molecule has 32 heavy (non-hydrogen) atoms. The molecule has 0 unspecified atom stereocenters. The number of hydrogen-bond donors (Lipinski definition) is 2. The zero-order chi connectivity index (χ0) is 22.4. The van der Waals surface area contributed by atoms with Crippen molar-refractivity contribution in [3.8, 4) is 5.88 Å². The van der Waals surface area contributed by atoms with Crippen LogP contribution in [0.5, 0.6) is 5.88 Å². The summed E-state index contributed by atoms with van der Waals surface area (Å²) in [6, 6.07) is 5.13. The number of carbonyl (C=O) groups is 1. The molecule has 0 atom stereocenters. The maximum atomic E-state index is 13.2. The number of nitrogens with zero attached hydrogens (tertiary/aromatic N) is 3. The van der Waals surface area contributed by atoms with Crippen LogP contribution in [0.1, 0.15) is 40.7 Å². The zero-order valence-corrected chi connectivity index (χ0v) is 18.5. The third-order valence-corrected chi connectivity index (χ3v) is 6.42. The highest BCUT2D eigenvalue weighted by Gasteiger charge is 2.30. The zero-order valence-electron chi connectivity index (χ0n) is 17.0. The van der Waals surface area contributed by atoms with Crippen LogP contribution < -0.4 is 10.9 Å². The Bertz CT molecular complexity index is 1300. The van der Waals surface area contributed by atoms with Crippen LogP contribution in [-0.2, 0) is 11.3 Å². The molecular weight excluding hydrogens is 455 g/mol. The minimum atomic E-state index is -0.684. The highest BCUT2D eigenvalue weighted by molar-refractivity contribution is 6.36. The number of fused-ring (bicyclic) bond motifs is 1. The molecule has 1 saturated carbocycles. The van der Waals surface area contributed by atoms with Crippen LogP contribution in [0, 0.1) is 0 Å². The van der Waals surface area contributed by atoms with E-state index in [0.29, 0.717) is 46.5 Å². The van der Waals surface area contributed by atoms with E-state index in [1.54, 1.807) is 24.4 Å². The second-order valence-electron chi connectivity index (χ2n) is 7.89. The summed E-state index contributed by atoms with van der Waals surface area (Å²) in [5, 5.41) is 19.0. The molecule has 8 nitrogen and oxygen atoms in total. The quantitative estimate of drug-likeness (QED) is 0.591. The van der Waals surface area contributed by atoms with Gasteiger partial charge in [0.25, 0.3) is 11.5 Å². The predicted molar refractivity (Wildman–Crippen MR) is 121 cm³/mol.